The summed E-state index contributed by atoms with van der Waals surface area (Å²) in [6, 6.07) is 8.23. The summed E-state index contributed by atoms with van der Waals surface area (Å²) in [6.45, 7) is 1.85. The van der Waals surface area contributed by atoms with Crippen LogP contribution in [0.15, 0.2) is 36.5 Å². The third-order valence-corrected chi connectivity index (χ3v) is 3.13. The van der Waals surface area contributed by atoms with Crippen LogP contribution in [-0.4, -0.2) is 26.8 Å². The number of non-ortho nitro benzene ring substituents is 1. The van der Waals surface area contributed by atoms with Crippen LogP contribution >= 0.6 is 0 Å². The maximum absolute atomic E-state index is 10.9. The van der Waals surface area contributed by atoms with Crippen LogP contribution in [0.1, 0.15) is 5.69 Å². The van der Waals surface area contributed by atoms with E-state index in [2.05, 4.69) is 10.1 Å². The largest absolute Gasteiger partial charge is 0.481 e. The standard InChI is InChI=1S/C14H12N4O3/c1-9-5-12(7-14(16-9)21-2)17-13-6-11(18(19)20)4-3-10(13)8-15-17/h3-8H,1-2H3. The second-order valence-electron chi connectivity index (χ2n) is 4.57. The highest BCUT2D eigenvalue weighted by Gasteiger charge is 2.12. The van der Waals surface area contributed by atoms with Crippen LogP contribution in [0.5, 0.6) is 5.88 Å². The lowest BCUT2D eigenvalue weighted by atomic mass is 10.2. The Morgan fingerprint density at radius 1 is 1.29 bits per heavy atom. The van der Waals surface area contributed by atoms with Gasteiger partial charge in [0.1, 0.15) is 0 Å². The van der Waals surface area contributed by atoms with Crippen molar-refractivity contribution in [3.63, 3.8) is 0 Å². The van der Waals surface area contributed by atoms with Crippen LogP contribution in [0.2, 0.25) is 0 Å². The number of ether oxygens (including phenoxy) is 1. The molecule has 0 saturated carbocycles. The highest BCUT2D eigenvalue weighted by atomic mass is 16.6. The highest BCUT2D eigenvalue weighted by molar-refractivity contribution is 5.82. The number of benzene rings is 1. The molecule has 0 N–H and O–H groups in total. The minimum atomic E-state index is -0.421. The molecule has 0 aliphatic heterocycles. The van der Waals surface area contributed by atoms with E-state index in [-0.39, 0.29) is 5.69 Å². The fourth-order valence-corrected chi connectivity index (χ4v) is 2.17. The molecule has 0 amide bonds. The van der Waals surface area contributed by atoms with Gasteiger partial charge in [-0.2, -0.15) is 5.10 Å². The van der Waals surface area contributed by atoms with E-state index in [1.165, 1.54) is 19.2 Å². The molecular weight excluding hydrogens is 272 g/mol. The second kappa shape index (κ2) is 4.86. The molecule has 0 atom stereocenters. The van der Waals surface area contributed by atoms with Crippen molar-refractivity contribution in [1.82, 2.24) is 14.8 Å². The van der Waals surface area contributed by atoms with Gasteiger partial charge < -0.3 is 4.74 Å². The van der Waals surface area contributed by atoms with Gasteiger partial charge in [-0.1, -0.05) is 0 Å². The topological polar surface area (TPSA) is 83.1 Å². The number of aromatic nitrogens is 3. The summed E-state index contributed by atoms with van der Waals surface area (Å²) < 4.78 is 6.79. The lowest BCUT2D eigenvalue weighted by molar-refractivity contribution is -0.384. The van der Waals surface area contributed by atoms with Gasteiger partial charge >= 0.3 is 0 Å². The Balaban J connectivity index is 2.22. The van der Waals surface area contributed by atoms with Gasteiger partial charge in [-0.3, -0.25) is 10.1 Å². The van der Waals surface area contributed by atoms with Gasteiger partial charge in [0, 0.05) is 29.3 Å². The zero-order valence-corrected chi connectivity index (χ0v) is 11.5. The van der Waals surface area contributed by atoms with Crippen LogP contribution in [-0.2, 0) is 0 Å². The molecule has 7 heteroatoms. The van der Waals surface area contributed by atoms with Gasteiger partial charge in [-0.05, 0) is 19.1 Å². The highest BCUT2D eigenvalue weighted by Crippen LogP contribution is 2.24. The predicted octanol–water partition coefficient (Wildman–Crippen LogP) is 2.65. The SMILES string of the molecule is COc1cc(-n2ncc3ccc([N+](=O)[O-])cc32)cc(C)n1. The molecular formula is C14H12N4O3. The van der Waals surface area contributed by atoms with Gasteiger partial charge in [0.15, 0.2) is 0 Å². The molecule has 1 aromatic carbocycles. The van der Waals surface area contributed by atoms with Crippen LogP contribution in [0.25, 0.3) is 16.6 Å². The van der Waals surface area contributed by atoms with E-state index in [0.717, 1.165) is 16.8 Å². The number of hydrogen-bond donors (Lipinski definition) is 0. The third kappa shape index (κ3) is 2.29. The van der Waals surface area contributed by atoms with Crippen LogP contribution < -0.4 is 4.74 Å². The van der Waals surface area contributed by atoms with E-state index in [1.54, 1.807) is 23.0 Å². The molecule has 106 valence electrons. The van der Waals surface area contributed by atoms with Crippen LogP contribution in [0.4, 0.5) is 5.69 Å². The lowest BCUT2D eigenvalue weighted by Crippen LogP contribution is -2.00. The first-order valence-corrected chi connectivity index (χ1v) is 6.24. The summed E-state index contributed by atoms with van der Waals surface area (Å²) in [6.07, 6.45) is 1.67. The van der Waals surface area contributed by atoms with Gasteiger partial charge in [0.05, 0.1) is 29.4 Å². The van der Waals surface area contributed by atoms with E-state index in [4.69, 9.17) is 4.74 Å². The first-order chi connectivity index (χ1) is 10.1. The average molecular weight is 284 g/mol. The molecule has 2 aromatic heterocycles. The van der Waals surface area contributed by atoms with Crippen molar-refractivity contribution in [2.45, 2.75) is 6.92 Å². The van der Waals surface area contributed by atoms with Gasteiger partial charge in [-0.15, -0.1) is 0 Å². The van der Waals surface area contributed by atoms with E-state index in [0.29, 0.717) is 11.4 Å². The molecule has 21 heavy (non-hydrogen) atoms. The van der Waals surface area contributed by atoms with Crippen molar-refractivity contribution in [3.05, 3.63) is 52.3 Å². The summed E-state index contributed by atoms with van der Waals surface area (Å²) in [5.41, 5.74) is 2.21. The predicted molar refractivity (Wildman–Crippen MR) is 76.8 cm³/mol. The Hall–Kier alpha value is -2.96. The number of hydrogen-bond acceptors (Lipinski definition) is 5. The number of nitro benzene ring substituents is 1. The summed E-state index contributed by atoms with van der Waals surface area (Å²) >= 11 is 0. The minimum absolute atomic E-state index is 0.0296. The quantitative estimate of drug-likeness (QED) is 0.545. The molecule has 0 spiro atoms. The summed E-state index contributed by atoms with van der Waals surface area (Å²) in [4.78, 5) is 14.7. The van der Waals surface area contributed by atoms with E-state index in [1.807, 2.05) is 13.0 Å². The fourth-order valence-electron chi connectivity index (χ4n) is 2.17. The lowest BCUT2D eigenvalue weighted by Gasteiger charge is -2.07. The van der Waals surface area contributed by atoms with Gasteiger partial charge in [-0.25, -0.2) is 9.67 Å². The van der Waals surface area contributed by atoms with Crippen molar-refractivity contribution >= 4 is 16.6 Å². The second-order valence-corrected chi connectivity index (χ2v) is 4.57. The third-order valence-electron chi connectivity index (χ3n) is 3.13. The summed E-state index contributed by atoms with van der Waals surface area (Å²) in [5, 5.41) is 16.0. The molecule has 0 fully saturated rings. The molecule has 3 rings (SSSR count). The number of nitro groups is 1. The molecule has 0 aliphatic carbocycles. The molecule has 2 heterocycles. The Bertz CT molecular complexity index is 841. The minimum Gasteiger partial charge on any atom is -0.481 e. The maximum Gasteiger partial charge on any atom is 0.271 e. The van der Waals surface area contributed by atoms with Crippen molar-refractivity contribution in [1.29, 1.82) is 0 Å². The van der Waals surface area contributed by atoms with Gasteiger partial charge in [0.2, 0.25) is 5.88 Å². The van der Waals surface area contributed by atoms with Gasteiger partial charge in [0.25, 0.3) is 5.69 Å². The zero-order chi connectivity index (χ0) is 15.0. The molecule has 3 aromatic rings. The van der Waals surface area contributed by atoms with E-state index < -0.39 is 4.92 Å². The van der Waals surface area contributed by atoms with Crippen molar-refractivity contribution in [2.75, 3.05) is 7.11 Å². The number of aryl methyl sites for hydroxylation is 1. The monoisotopic (exact) mass is 284 g/mol. The Morgan fingerprint density at radius 2 is 2.10 bits per heavy atom. The summed E-state index contributed by atoms with van der Waals surface area (Å²) in [7, 11) is 1.54. The smallest absolute Gasteiger partial charge is 0.271 e. The number of fused-ring (bicyclic) bond motifs is 1. The first-order valence-electron chi connectivity index (χ1n) is 6.24. The Labute approximate surface area is 119 Å². The zero-order valence-electron chi connectivity index (χ0n) is 11.5. The molecule has 7 nitrogen and oxygen atoms in total. The van der Waals surface area contributed by atoms with Crippen LogP contribution in [0.3, 0.4) is 0 Å². The normalized spacial score (nSPS) is 10.8. The Morgan fingerprint density at radius 3 is 2.81 bits per heavy atom. The average Bonchev–Trinajstić information content (AvgIpc) is 2.89. The molecule has 0 bridgehead atoms. The molecule has 0 aliphatic rings. The van der Waals surface area contributed by atoms with E-state index in [9.17, 15) is 10.1 Å². The Kier molecular flexibility index (Phi) is 3.02. The van der Waals surface area contributed by atoms with Crippen molar-refractivity contribution in [2.24, 2.45) is 0 Å². The fraction of sp³-hybridized carbons (Fsp3) is 0.143. The van der Waals surface area contributed by atoms with Crippen LogP contribution in [0, 0.1) is 17.0 Å². The van der Waals surface area contributed by atoms with E-state index >= 15 is 0 Å². The molecule has 0 unspecified atom stereocenters. The molecule has 0 saturated heterocycles. The number of pyridine rings is 1. The summed E-state index contributed by atoms with van der Waals surface area (Å²) in [5.74, 6) is 0.471. The number of nitrogens with zero attached hydrogens (tertiary/aromatic N) is 4. The maximum atomic E-state index is 10.9. The number of rotatable bonds is 3. The first kappa shape index (κ1) is 13.0. The van der Waals surface area contributed by atoms with Crippen molar-refractivity contribution < 1.29 is 9.66 Å². The molecule has 0 radical (unpaired) electrons. The number of methoxy groups -OCH3 is 1. The van der Waals surface area contributed by atoms with Crippen molar-refractivity contribution in [3.8, 4) is 11.6 Å².